The Morgan fingerprint density at radius 3 is 2.57 bits per heavy atom. The van der Waals surface area contributed by atoms with Gasteiger partial charge in [-0.1, -0.05) is 39.8 Å². The molecule has 3 aromatic rings. The number of tetrazole rings is 1. The van der Waals surface area contributed by atoms with E-state index in [1.165, 1.54) is 0 Å². The van der Waals surface area contributed by atoms with E-state index in [1.807, 2.05) is 58.6 Å². The van der Waals surface area contributed by atoms with E-state index in [-0.39, 0.29) is 29.2 Å². The Bertz CT molecular complexity index is 1330. The van der Waals surface area contributed by atoms with Gasteiger partial charge in [-0.2, -0.15) is 5.21 Å². The van der Waals surface area contributed by atoms with E-state index >= 15 is 0 Å². The van der Waals surface area contributed by atoms with Gasteiger partial charge in [0.2, 0.25) is 0 Å². The highest BCUT2D eigenvalue weighted by Gasteiger charge is 2.40. The van der Waals surface area contributed by atoms with E-state index < -0.39 is 11.7 Å². The summed E-state index contributed by atoms with van der Waals surface area (Å²) in [7, 11) is 0. The van der Waals surface area contributed by atoms with Gasteiger partial charge in [0.05, 0.1) is 18.8 Å². The van der Waals surface area contributed by atoms with E-state index in [4.69, 9.17) is 14.1 Å². The van der Waals surface area contributed by atoms with Crippen LogP contribution in [0.2, 0.25) is 0 Å². The number of furan rings is 1. The van der Waals surface area contributed by atoms with E-state index in [0.717, 1.165) is 0 Å². The molecule has 0 radical (unpaired) electrons. The second-order valence-corrected chi connectivity index (χ2v) is 13.2. The molecule has 0 bridgehead atoms. The van der Waals surface area contributed by atoms with Crippen molar-refractivity contribution in [3.8, 4) is 0 Å². The molecule has 2 unspecified atom stereocenters. The van der Waals surface area contributed by atoms with E-state index in [1.54, 1.807) is 17.4 Å². The molecule has 3 aromatic heterocycles. The summed E-state index contributed by atoms with van der Waals surface area (Å²) in [5, 5.41) is 17.9. The molecule has 1 aliphatic rings. The monoisotopic (exact) mass is 581 g/mol. The lowest BCUT2D eigenvalue weighted by atomic mass is 9.91. The van der Waals surface area contributed by atoms with Crippen LogP contribution in [0.15, 0.2) is 29.0 Å². The number of rotatable bonds is 8. The molecule has 13 nitrogen and oxygen atoms in total. The van der Waals surface area contributed by atoms with Crippen LogP contribution in [-0.4, -0.2) is 83.7 Å². The van der Waals surface area contributed by atoms with Gasteiger partial charge in [0, 0.05) is 37.2 Å². The van der Waals surface area contributed by atoms with Crippen molar-refractivity contribution < 1.29 is 18.7 Å². The number of nitrogens with zero attached hydrogens (tertiary/aromatic N) is 7. The number of carbonyl (C=O) groups is 2. The van der Waals surface area contributed by atoms with Gasteiger partial charge in [-0.3, -0.25) is 4.79 Å². The first-order valence-corrected chi connectivity index (χ1v) is 14.4. The quantitative estimate of drug-likeness (QED) is 0.391. The Kier molecular flexibility index (Phi) is 9.17. The highest BCUT2D eigenvalue weighted by molar-refractivity contribution is 5.98. The first-order valence-electron chi connectivity index (χ1n) is 14.4. The Hall–Kier alpha value is -4.03. The van der Waals surface area contributed by atoms with Crippen molar-refractivity contribution in [3.05, 3.63) is 47.6 Å². The molecule has 1 saturated heterocycles. The first-order chi connectivity index (χ1) is 19.7. The summed E-state index contributed by atoms with van der Waals surface area (Å²) in [5.41, 5.74) is -0.643. The number of aromatic nitrogens is 6. The zero-order chi connectivity index (χ0) is 30.7. The van der Waals surface area contributed by atoms with Crippen LogP contribution in [0.5, 0.6) is 0 Å². The molecule has 1 fully saturated rings. The van der Waals surface area contributed by atoms with Gasteiger partial charge in [-0.25, -0.2) is 14.8 Å². The molecule has 0 spiro atoms. The number of anilines is 1. The third kappa shape index (κ3) is 7.83. The molecule has 2 N–H and O–H groups in total. The summed E-state index contributed by atoms with van der Waals surface area (Å²) >= 11 is 0. The minimum absolute atomic E-state index is 0.156. The molecule has 2 atom stereocenters. The Morgan fingerprint density at radius 1 is 1.21 bits per heavy atom. The highest BCUT2D eigenvalue weighted by Crippen LogP contribution is 2.31. The summed E-state index contributed by atoms with van der Waals surface area (Å²) in [5.74, 6) is 1.93. The average molecular weight is 582 g/mol. The van der Waals surface area contributed by atoms with Crippen molar-refractivity contribution in [1.29, 1.82) is 0 Å². The zero-order valence-electron chi connectivity index (χ0n) is 25.8. The third-order valence-corrected chi connectivity index (χ3v) is 6.77. The van der Waals surface area contributed by atoms with Gasteiger partial charge >= 0.3 is 6.09 Å². The molecule has 0 saturated carbocycles. The van der Waals surface area contributed by atoms with Crippen LogP contribution in [0, 0.1) is 5.92 Å². The van der Waals surface area contributed by atoms with Gasteiger partial charge in [0.15, 0.2) is 5.82 Å². The van der Waals surface area contributed by atoms with Crippen LogP contribution in [0.25, 0.3) is 0 Å². The number of carbonyl (C=O) groups excluding carboxylic acids is 2. The Labute approximate surface area is 246 Å². The molecule has 0 aromatic carbocycles. The minimum atomic E-state index is -0.667. The highest BCUT2D eigenvalue weighted by atomic mass is 16.6. The van der Waals surface area contributed by atoms with Gasteiger partial charge in [0.1, 0.15) is 28.6 Å². The molecule has 228 valence electrons. The number of likely N-dealkylation sites (tertiary alicyclic amines) is 1. The number of H-pyrrole nitrogens is 1. The molecule has 2 amide bonds. The maximum Gasteiger partial charge on any atom is 0.410 e. The van der Waals surface area contributed by atoms with E-state index in [9.17, 15) is 9.59 Å². The molecule has 4 heterocycles. The number of hydrogen-bond donors (Lipinski definition) is 2. The number of piperidine rings is 1. The average Bonchev–Trinajstić information content (AvgIpc) is 3.63. The van der Waals surface area contributed by atoms with Crippen LogP contribution in [0.3, 0.4) is 0 Å². The molecular formula is C29H43N9O4. The molecular weight excluding hydrogens is 538 g/mol. The van der Waals surface area contributed by atoms with Crippen molar-refractivity contribution in [2.24, 2.45) is 5.92 Å². The second-order valence-electron chi connectivity index (χ2n) is 13.2. The lowest BCUT2D eigenvalue weighted by Crippen LogP contribution is -2.55. The first kappa shape index (κ1) is 30.9. The number of hydrogen-bond acceptors (Lipinski definition) is 10. The standard InChI is InChI=1S/C29H43N9O4/c1-18(2)15-38(20-12-19(23-33-35-36-34-23)16-37(17-20)27(40)42-29(6,7)8)25(39)22-14-31-26(28(3,4)5)32-24(22)30-13-21-10-9-11-41-21/h9-11,14,18-20H,12-13,15-17H2,1-8H3,(H,30,31,32)(H,33,34,35,36). The number of nitrogens with one attached hydrogen (secondary N) is 2. The van der Waals surface area contributed by atoms with Crippen LogP contribution < -0.4 is 5.32 Å². The lowest BCUT2D eigenvalue weighted by Gasteiger charge is -2.42. The van der Waals surface area contributed by atoms with Crippen LogP contribution in [-0.2, 0) is 16.7 Å². The fraction of sp³-hybridized carbons (Fsp3) is 0.621. The van der Waals surface area contributed by atoms with E-state index in [2.05, 4.69) is 44.8 Å². The summed E-state index contributed by atoms with van der Waals surface area (Å²) in [6.45, 7) is 17.1. The number of aromatic amines is 1. The lowest BCUT2D eigenvalue weighted by molar-refractivity contribution is 0.00605. The van der Waals surface area contributed by atoms with E-state index in [0.29, 0.717) is 61.4 Å². The normalized spacial score (nSPS) is 17.8. The zero-order valence-corrected chi connectivity index (χ0v) is 25.8. The van der Waals surface area contributed by atoms with Crippen LogP contribution in [0.4, 0.5) is 10.6 Å². The van der Waals surface area contributed by atoms with Crippen LogP contribution in [0.1, 0.15) is 95.5 Å². The van der Waals surface area contributed by atoms with Gasteiger partial charge < -0.3 is 24.3 Å². The van der Waals surface area contributed by atoms with Crippen molar-refractivity contribution in [2.45, 2.75) is 91.3 Å². The van der Waals surface area contributed by atoms with Crippen LogP contribution >= 0.6 is 0 Å². The topological polar surface area (TPSA) is 155 Å². The predicted molar refractivity (Wildman–Crippen MR) is 156 cm³/mol. The summed E-state index contributed by atoms with van der Waals surface area (Å²) in [6, 6.07) is 3.33. The minimum Gasteiger partial charge on any atom is -0.467 e. The fourth-order valence-electron chi connectivity index (χ4n) is 4.87. The number of ether oxygens (including phenoxy) is 1. The summed E-state index contributed by atoms with van der Waals surface area (Å²) < 4.78 is 11.2. The maximum absolute atomic E-state index is 14.4. The summed E-state index contributed by atoms with van der Waals surface area (Å²) in [4.78, 5) is 40.5. The molecule has 13 heteroatoms. The fourth-order valence-corrected chi connectivity index (χ4v) is 4.87. The molecule has 0 aliphatic carbocycles. The summed E-state index contributed by atoms with van der Waals surface area (Å²) in [6.07, 6.45) is 3.30. The molecule has 1 aliphatic heterocycles. The SMILES string of the molecule is CC(C)CN(C(=O)c1cnc(C(C)(C)C)nc1NCc1ccco1)C1CC(c2nn[nH]n2)CN(C(=O)OC(C)(C)C)C1. The largest absolute Gasteiger partial charge is 0.467 e. The second kappa shape index (κ2) is 12.5. The van der Waals surface area contributed by atoms with Gasteiger partial charge in [-0.15, -0.1) is 10.2 Å². The van der Waals surface area contributed by atoms with Crippen molar-refractivity contribution >= 4 is 17.8 Å². The third-order valence-electron chi connectivity index (χ3n) is 6.77. The molecule has 42 heavy (non-hydrogen) atoms. The maximum atomic E-state index is 14.4. The van der Waals surface area contributed by atoms with Gasteiger partial charge in [-0.05, 0) is 45.2 Å². The van der Waals surface area contributed by atoms with Gasteiger partial charge in [0.25, 0.3) is 5.91 Å². The Morgan fingerprint density at radius 2 is 1.98 bits per heavy atom. The molecule has 4 rings (SSSR count). The predicted octanol–water partition coefficient (Wildman–Crippen LogP) is 4.38. The smallest absolute Gasteiger partial charge is 0.410 e. The van der Waals surface area contributed by atoms with Crippen molar-refractivity contribution in [2.75, 3.05) is 25.0 Å². The Balaban J connectivity index is 1.69. The van der Waals surface area contributed by atoms with Crippen molar-refractivity contribution in [3.63, 3.8) is 0 Å². The van der Waals surface area contributed by atoms with Crippen molar-refractivity contribution in [1.82, 2.24) is 40.4 Å². The number of amides is 2.